The van der Waals surface area contributed by atoms with Gasteiger partial charge in [0.05, 0.1) is 10.0 Å². The summed E-state index contributed by atoms with van der Waals surface area (Å²) in [5, 5.41) is 4.86. The molecule has 1 aliphatic rings. The predicted molar refractivity (Wildman–Crippen MR) is 85.8 cm³/mol. The van der Waals surface area contributed by atoms with Crippen molar-refractivity contribution < 1.29 is 4.74 Å². The van der Waals surface area contributed by atoms with Crippen molar-refractivity contribution in [2.75, 3.05) is 19.8 Å². The first-order valence-electron chi connectivity index (χ1n) is 7.44. The summed E-state index contributed by atoms with van der Waals surface area (Å²) < 4.78 is 5.44. The third-order valence-corrected chi connectivity index (χ3v) is 4.66. The van der Waals surface area contributed by atoms with Crippen LogP contribution in [0.4, 0.5) is 0 Å². The topological polar surface area (TPSA) is 21.3 Å². The number of likely N-dealkylation sites (N-methyl/N-ethyl adjacent to an activating group) is 1. The Morgan fingerprint density at radius 2 is 2.00 bits per heavy atom. The van der Waals surface area contributed by atoms with Crippen molar-refractivity contribution in [1.29, 1.82) is 0 Å². The zero-order chi connectivity index (χ0) is 14.4. The van der Waals surface area contributed by atoms with Gasteiger partial charge in [-0.25, -0.2) is 0 Å². The van der Waals surface area contributed by atoms with Crippen LogP contribution < -0.4 is 5.32 Å². The van der Waals surface area contributed by atoms with Gasteiger partial charge in [-0.05, 0) is 55.8 Å². The molecule has 0 spiro atoms. The van der Waals surface area contributed by atoms with Crippen LogP contribution in [0.5, 0.6) is 0 Å². The average molecular weight is 316 g/mol. The lowest BCUT2D eigenvalue weighted by Gasteiger charge is -2.27. The lowest BCUT2D eigenvalue weighted by atomic mass is 9.90. The van der Waals surface area contributed by atoms with Crippen LogP contribution in [0.1, 0.15) is 31.7 Å². The Hall–Kier alpha value is -0.280. The maximum Gasteiger partial charge on any atom is 0.0595 e. The maximum atomic E-state index is 6.10. The molecule has 1 aromatic carbocycles. The third kappa shape index (κ3) is 4.92. The van der Waals surface area contributed by atoms with E-state index in [0.29, 0.717) is 16.1 Å². The van der Waals surface area contributed by atoms with Gasteiger partial charge in [0.15, 0.2) is 0 Å². The van der Waals surface area contributed by atoms with E-state index < -0.39 is 0 Å². The predicted octanol–water partition coefficient (Wildman–Crippen LogP) is 4.33. The number of nitrogens with one attached hydrogen (secondary N) is 1. The summed E-state index contributed by atoms with van der Waals surface area (Å²) in [7, 11) is 0. The third-order valence-electron chi connectivity index (χ3n) is 3.92. The zero-order valence-electron chi connectivity index (χ0n) is 12.0. The molecule has 1 unspecified atom stereocenters. The number of benzene rings is 1. The van der Waals surface area contributed by atoms with Gasteiger partial charge in [0, 0.05) is 19.3 Å². The number of rotatable bonds is 6. The van der Waals surface area contributed by atoms with Gasteiger partial charge in [-0.3, -0.25) is 0 Å². The molecule has 2 rings (SSSR count). The van der Waals surface area contributed by atoms with Gasteiger partial charge in [-0.2, -0.15) is 0 Å². The quantitative estimate of drug-likeness (QED) is 0.843. The number of halogens is 2. The van der Waals surface area contributed by atoms with E-state index in [1.165, 1.54) is 24.8 Å². The van der Waals surface area contributed by atoms with Gasteiger partial charge in [-0.15, -0.1) is 0 Å². The Kier molecular flexibility index (Phi) is 6.63. The fourth-order valence-electron chi connectivity index (χ4n) is 2.86. The Balaban J connectivity index is 1.94. The molecule has 0 aromatic heterocycles. The second-order valence-electron chi connectivity index (χ2n) is 5.50. The van der Waals surface area contributed by atoms with E-state index in [9.17, 15) is 0 Å². The summed E-state index contributed by atoms with van der Waals surface area (Å²) in [5.74, 6) is 0.774. The SMILES string of the molecule is CCNC(Cc1ccc(Cl)c(Cl)c1)CC1CCOCC1. The van der Waals surface area contributed by atoms with Crippen LogP contribution in [0.3, 0.4) is 0 Å². The van der Waals surface area contributed by atoms with Gasteiger partial charge in [0.1, 0.15) is 0 Å². The molecule has 1 N–H and O–H groups in total. The second-order valence-corrected chi connectivity index (χ2v) is 6.31. The monoisotopic (exact) mass is 315 g/mol. The smallest absolute Gasteiger partial charge is 0.0595 e. The van der Waals surface area contributed by atoms with Gasteiger partial charge >= 0.3 is 0 Å². The van der Waals surface area contributed by atoms with E-state index >= 15 is 0 Å². The molecule has 1 heterocycles. The number of hydrogen-bond acceptors (Lipinski definition) is 2. The first-order valence-corrected chi connectivity index (χ1v) is 8.19. The largest absolute Gasteiger partial charge is 0.381 e. The molecule has 4 heteroatoms. The van der Waals surface area contributed by atoms with E-state index in [4.69, 9.17) is 27.9 Å². The van der Waals surface area contributed by atoms with Crippen LogP contribution in [0, 0.1) is 5.92 Å². The van der Waals surface area contributed by atoms with E-state index in [1.54, 1.807) is 0 Å². The summed E-state index contributed by atoms with van der Waals surface area (Å²) in [6.07, 6.45) is 4.58. The highest BCUT2D eigenvalue weighted by atomic mass is 35.5. The van der Waals surface area contributed by atoms with E-state index in [1.807, 2.05) is 12.1 Å². The minimum atomic E-state index is 0.500. The summed E-state index contributed by atoms with van der Waals surface area (Å²) in [4.78, 5) is 0. The maximum absolute atomic E-state index is 6.10. The Bertz CT molecular complexity index is 419. The molecule has 1 fully saturated rings. The molecular formula is C16H23Cl2NO. The molecule has 0 bridgehead atoms. The molecule has 0 radical (unpaired) electrons. The van der Waals surface area contributed by atoms with E-state index in [0.717, 1.165) is 32.1 Å². The van der Waals surface area contributed by atoms with Gasteiger partial charge in [0.25, 0.3) is 0 Å². The Morgan fingerprint density at radius 3 is 2.65 bits per heavy atom. The molecule has 0 saturated carbocycles. The van der Waals surface area contributed by atoms with Crippen LogP contribution in [0.2, 0.25) is 10.0 Å². The average Bonchev–Trinajstić information content (AvgIpc) is 2.44. The highest BCUT2D eigenvalue weighted by Gasteiger charge is 2.19. The van der Waals surface area contributed by atoms with Gasteiger partial charge in [0.2, 0.25) is 0 Å². The van der Waals surface area contributed by atoms with Crippen molar-refractivity contribution in [3.63, 3.8) is 0 Å². The van der Waals surface area contributed by atoms with Crippen molar-refractivity contribution in [1.82, 2.24) is 5.32 Å². The highest BCUT2D eigenvalue weighted by Crippen LogP contribution is 2.25. The van der Waals surface area contributed by atoms with E-state index in [-0.39, 0.29) is 0 Å². The van der Waals surface area contributed by atoms with Gasteiger partial charge in [-0.1, -0.05) is 36.2 Å². The summed E-state index contributed by atoms with van der Waals surface area (Å²) >= 11 is 12.1. The molecular weight excluding hydrogens is 293 g/mol. The summed E-state index contributed by atoms with van der Waals surface area (Å²) in [5.41, 5.74) is 1.25. The normalized spacial score (nSPS) is 18.1. The molecule has 112 valence electrons. The van der Waals surface area contributed by atoms with Crippen molar-refractivity contribution >= 4 is 23.2 Å². The van der Waals surface area contributed by atoms with Crippen LogP contribution in [-0.4, -0.2) is 25.8 Å². The molecule has 1 saturated heterocycles. The van der Waals surface area contributed by atoms with Gasteiger partial charge < -0.3 is 10.1 Å². The Morgan fingerprint density at radius 1 is 1.25 bits per heavy atom. The van der Waals surface area contributed by atoms with E-state index in [2.05, 4.69) is 18.3 Å². The van der Waals surface area contributed by atoms with Crippen LogP contribution in [-0.2, 0) is 11.2 Å². The molecule has 1 atom stereocenters. The van der Waals surface area contributed by atoms with Crippen LogP contribution >= 0.6 is 23.2 Å². The fraction of sp³-hybridized carbons (Fsp3) is 0.625. The molecule has 0 amide bonds. The van der Waals surface area contributed by atoms with Crippen molar-refractivity contribution in [2.24, 2.45) is 5.92 Å². The molecule has 2 nitrogen and oxygen atoms in total. The molecule has 1 aliphatic heterocycles. The zero-order valence-corrected chi connectivity index (χ0v) is 13.5. The van der Waals surface area contributed by atoms with Crippen molar-refractivity contribution in [3.05, 3.63) is 33.8 Å². The minimum Gasteiger partial charge on any atom is -0.381 e. The molecule has 20 heavy (non-hydrogen) atoms. The molecule has 0 aliphatic carbocycles. The standard InChI is InChI=1S/C16H23Cl2NO/c1-2-19-14(9-12-5-7-20-8-6-12)10-13-3-4-15(17)16(18)11-13/h3-4,11-12,14,19H,2,5-10H2,1H3. The second kappa shape index (κ2) is 8.23. The minimum absolute atomic E-state index is 0.500. The van der Waals surface area contributed by atoms with Crippen LogP contribution in [0.15, 0.2) is 18.2 Å². The number of ether oxygens (including phenoxy) is 1. The number of hydrogen-bond donors (Lipinski definition) is 1. The molecule has 1 aromatic rings. The first kappa shape index (κ1) is 16.1. The summed E-state index contributed by atoms with van der Waals surface area (Å²) in [6.45, 7) is 4.98. The Labute approximate surface area is 131 Å². The van der Waals surface area contributed by atoms with Crippen molar-refractivity contribution in [3.8, 4) is 0 Å². The summed E-state index contributed by atoms with van der Waals surface area (Å²) in [6, 6.07) is 6.44. The highest BCUT2D eigenvalue weighted by molar-refractivity contribution is 6.42. The van der Waals surface area contributed by atoms with Crippen LogP contribution in [0.25, 0.3) is 0 Å². The fourth-order valence-corrected chi connectivity index (χ4v) is 3.18. The first-order chi connectivity index (χ1) is 9.69. The van der Waals surface area contributed by atoms with Crippen molar-refractivity contribution in [2.45, 2.75) is 38.6 Å². The lowest BCUT2D eigenvalue weighted by Crippen LogP contribution is -2.34. The lowest BCUT2D eigenvalue weighted by molar-refractivity contribution is 0.0606.